The molecule has 0 saturated carbocycles. The van der Waals surface area contributed by atoms with E-state index in [2.05, 4.69) is 20.4 Å². The molecule has 0 fully saturated rings. The lowest BCUT2D eigenvalue weighted by molar-refractivity contribution is 0.102. The number of hydrogen-bond donors (Lipinski definition) is 1. The van der Waals surface area contributed by atoms with Crippen LogP contribution in [0, 0.1) is 13.8 Å². The van der Waals surface area contributed by atoms with Crippen LogP contribution in [0.25, 0.3) is 5.65 Å². The zero-order chi connectivity index (χ0) is 15.0. The van der Waals surface area contributed by atoms with Crippen molar-refractivity contribution in [3.63, 3.8) is 0 Å². The van der Waals surface area contributed by atoms with Gasteiger partial charge in [-0.3, -0.25) is 4.79 Å². The van der Waals surface area contributed by atoms with Crippen LogP contribution >= 0.6 is 0 Å². The van der Waals surface area contributed by atoms with Crippen LogP contribution in [0.4, 0.5) is 5.82 Å². The first-order valence-electron chi connectivity index (χ1n) is 6.66. The number of oxazole rings is 1. The normalized spacial score (nSPS) is 11.0. The van der Waals surface area contributed by atoms with Crippen molar-refractivity contribution in [1.29, 1.82) is 0 Å². The minimum atomic E-state index is -0.346. The van der Waals surface area contributed by atoms with E-state index in [1.807, 2.05) is 27.0 Å². The van der Waals surface area contributed by atoms with Crippen LogP contribution in [0.2, 0.25) is 0 Å². The number of rotatable bonds is 3. The van der Waals surface area contributed by atoms with E-state index in [1.54, 1.807) is 10.6 Å². The average Bonchev–Trinajstić information content (AvgIpc) is 3.04. The van der Waals surface area contributed by atoms with E-state index in [-0.39, 0.29) is 11.6 Å². The van der Waals surface area contributed by atoms with Crippen molar-refractivity contribution < 1.29 is 9.21 Å². The monoisotopic (exact) mass is 285 g/mol. The Kier molecular flexibility index (Phi) is 3.17. The Morgan fingerprint density at radius 3 is 2.90 bits per heavy atom. The predicted molar refractivity (Wildman–Crippen MR) is 76.3 cm³/mol. The zero-order valence-corrected chi connectivity index (χ0v) is 12.0. The minimum absolute atomic E-state index is 0.244. The zero-order valence-electron chi connectivity index (χ0n) is 12.0. The molecule has 7 heteroatoms. The quantitative estimate of drug-likeness (QED) is 0.797. The highest BCUT2D eigenvalue weighted by atomic mass is 16.3. The number of imidazole rings is 1. The van der Waals surface area contributed by atoms with Crippen molar-refractivity contribution in [2.45, 2.75) is 27.2 Å². The van der Waals surface area contributed by atoms with Gasteiger partial charge in [-0.1, -0.05) is 6.92 Å². The number of amides is 1. The van der Waals surface area contributed by atoms with E-state index in [0.717, 1.165) is 16.9 Å². The molecule has 0 spiro atoms. The summed E-state index contributed by atoms with van der Waals surface area (Å²) in [5.41, 5.74) is 2.83. The van der Waals surface area contributed by atoms with Crippen LogP contribution in [-0.4, -0.2) is 25.5 Å². The molecule has 0 atom stereocenters. The topological polar surface area (TPSA) is 85.3 Å². The summed E-state index contributed by atoms with van der Waals surface area (Å²) < 4.78 is 6.82. The molecule has 21 heavy (non-hydrogen) atoms. The Hall–Kier alpha value is -2.70. The first kappa shape index (κ1) is 13.3. The molecule has 0 aromatic carbocycles. The van der Waals surface area contributed by atoms with Crippen LogP contribution in [0.3, 0.4) is 0 Å². The van der Waals surface area contributed by atoms with Crippen molar-refractivity contribution >= 4 is 17.4 Å². The van der Waals surface area contributed by atoms with E-state index < -0.39 is 0 Å². The number of nitrogens with zero attached hydrogens (tertiary/aromatic N) is 4. The Bertz CT molecular complexity index is 818. The molecular formula is C14H15N5O2. The second-order valence-corrected chi connectivity index (χ2v) is 4.80. The molecule has 3 aromatic heterocycles. The second-order valence-electron chi connectivity index (χ2n) is 4.80. The van der Waals surface area contributed by atoms with Crippen molar-refractivity contribution in [2.24, 2.45) is 0 Å². The fourth-order valence-corrected chi connectivity index (χ4v) is 2.06. The van der Waals surface area contributed by atoms with Crippen LogP contribution in [0.5, 0.6) is 0 Å². The Morgan fingerprint density at radius 2 is 2.19 bits per heavy atom. The third kappa shape index (κ3) is 2.49. The van der Waals surface area contributed by atoms with Gasteiger partial charge in [0.25, 0.3) is 5.91 Å². The number of hydrogen-bond acceptors (Lipinski definition) is 5. The maximum absolute atomic E-state index is 12.1. The predicted octanol–water partition coefficient (Wildman–Crippen LogP) is 2.15. The summed E-state index contributed by atoms with van der Waals surface area (Å²) in [5, 5.41) is 7.03. The average molecular weight is 285 g/mol. The van der Waals surface area contributed by atoms with E-state index in [1.165, 1.54) is 6.26 Å². The standard InChI is InChI=1S/C14H15N5O2/c1-4-12-16-10(7-21-12)14(20)17-11-5-8(2)13-15-9(3)6-19(13)18-11/h5-7H,4H2,1-3H3,(H,17,18,20). The van der Waals surface area contributed by atoms with Gasteiger partial charge in [0, 0.05) is 6.42 Å². The van der Waals surface area contributed by atoms with Gasteiger partial charge in [0.2, 0.25) is 0 Å². The van der Waals surface area contributed by atoms with Gasteiger partial charge in [0.15, 0.2) is 23.0 Å². The van der Waals surface area contributed by atoms with Gasteiger partial charge < -0.3 is 9.73 Å². The second kappa shape index (κ2) is 5.01. The molecule has 0 aliphatic rings. The van der Waals surface area contributed by atoms with Crippen LogP contribution in [0.1, 0.15) is 34.6 Å². The van der Waals surface area contributed by atoms with Crippen LogP contribution in [0.15, 0.2) is 22.9 Å². The molecule has 3 rings (SSSR count). The molecule has 0 radical (unpaired) electrons. The highest BCUT2D eigenvalue weighted by Gasteiger charge is 2.13. The van der Waals surface area contributed by atoms with Crippen molar-refractivity contribution in [2.75, 3.05) is 5.32 Å². The number of aromatic nitrogens is 4. The number of carbonyl (C=O) groups excluding carboxylic acids is 1. The molecule has 0 aliphatic heterocycles. The molecule has 3 heterocycles. The first-order valence-corrected chi connectivity index (χ1v) is 6.66. The summed E-state index contributed by atoms with van der Waals surface area (Å²) in [7, 11) is 0. The van der Waals surface area contributed by atoms with E-state index in [4.69, 9.17) is 4.42 Å². The lowest BCUT2D eigenvalue weighted by Crippen LogP contribution is -2.14. The SMILES string of the molecule is CCc1nc(C(=O)Nc2cc(C)c3nc(C)cn3n2)co1. The molecular weight excluding hydrogens is 270 g/mol. The number of carbonyl (C=O) groups is 1. The number of aryl methyl sites for hydroxylation is 3. The highest BCUT2D eigenvalue weighted by molar-refractivity contribution is 6.02. The van der Waals surface area contributed by atoms with Gasteiger partial charge >= 0.3 is 0 Å². The molecule has 0 unspecified atom stereocenters. The van der Waals surface area contributed by atoms with E-state index in [9.17, 15) is 4.79 Å². The van der Waals surface area contributed by atoms with Crippen LogP contribution in [-0.2, 0) is 6.42 Å². The molecule has 0 saturated heterocycles. The Morgan fingerprint density at radius 1 is 1.38 bits per heavy atom. The minimum Gasteiger partial charge on any atom is -0.448 e. The van der Waals surface area contributed by atoms with Gasteiger partial charge in [0.05, 0.1) is 11.9 Å². The first-order chi connectivity index (χ1) is 10.1. The molecule has 0 aliphatic carbocycles. The molecule has 0 bridgehead atoms. The van der Waals surface area contributed by atoms with Gasteiger partial charge in [0.1, 0.15) is 6.26 Å². The summed E-state index contributed by atoms with van der Waals surface area (Å²) >= 11 is 0. The summed E-state index contributed by atoms with van der Waals surface area (Å²) in [4.78, 5) is 20.6. The summed E-state index contributed by atoms with van der Waals surface area (Å²) in [6.07, 6.45) is 3.80. The van der Waals surface area contributed by atoms with Gasteiger partial charge in [-0.25, -0.2) is 14.5 Å². The smallest absolute Gasteiger partial charge is 0.278 e. The number of anilines is 1. The lowest BCUT2D eigenvalue weighted by Gasteiger charge is -2.04. The summed E-state index contributed by atoms with van der Waals surface area (Å²) in [6.45, 7) is 5.73. The number of fused-ring (bicyclic) bond motifs is 1. The van der Waals surface area contributed by atoms with Crippen LogP contribution < -0.4 is 5.32 Å². The van der Waals surface area contributed by atoms with Gasteiger partial charge in [-0.2, -0.15) is 0 Å². The largest absolute Gasteiger partial charge is 0.448 e. The Balaban J connectivity index is 1.88. The summed E-state index contributed by atoms with van der Waals surface area (Å²) in [5.74, 6) is 0.634. The Labute approximate surface area is 121 Å². The van der Waals surface area contributed by atoms with E-state index >= 15 is 0 Å². The third-order valence-electron chi connectivity index (χ3n) is 3.06. The molecule has 108 valence electrons. The maximum atomic E-state index is 12.1. The molecule has 1 N–H and O–H groups in total. The third-order valence-corrected chi connectivity index (χ3v) is 3.06. The van der Waals surface area contributed by atoms with Gasteiger partial charge in [-0.15, -0.1) is 5.10 Å². The van der Waals surface area contributed by atoms with Crippen molar-refractivity contribution in [3.05, 3.63) is 41.4 Å². The van der Waals surface area contributed by atoms with Crippen molar-refractivity contribution in [1.82, 2.24) is 19.6 Å². The molecule has 1 amide bonds. The van der Waals surface area contributed by atoms with Gasteiger partial charge in [-0.05, 0) is 25.5 Å². The van der Waals surface area contributed by atoms with E-state index in [0.29, 0.717) is 18.1 Å². The number of nitrogens with one attached hydrogen (secondary N) is 1. The highest BCUT2D eigenvalue weighted by Crippen LogP contribution is 2.14. The summed E-state index contributed by atoms with van der Waals surface area (Å²) in [6, 6.07) is 1.78. The molecule has 3 aromatic rings. The van der Waals surface area contributed by atoms with Crippen molar-refractivity contribution in [3.8, 4) is 0 Å². The fraction of sp³-hybridized carbons (Fsp3) is 0.286. The lowest BCUT2D eigenvalue weighted by atomic mass is 10.3. The molecule has 7 nitrogen and oxygen atoms in total. The fourth-order valence-electron chi connectivity index (χ4n) is 2.06. The maximum Gasteiger partial charge on any atom is 0.278 e.